The third-order valence-corrected chi connectivity index (χ3v) is 10.8. The van der Waals surface area contributed by atoms with Gasteiger partial charge in [-0.3, -0.25) is 0 Å². The fourth-order valence-electron chi connectivity index (χ4n) is 6.87. The monoisotopic (exact) mass is 550 g/mol. The number of pyridine rings is 1. The number of nitriles is 1. The molecule has 3 fully saturated rings. The molecular formula is C35H42N4S. The Balaban J connectivity index is 1.19. The minimum atomic E-state index is 0.553. The van der Waals surface area contributed by atoms with E-state index in [2.05, 4.69) is 54.4 Å². The molecule has 0 bridgehead atoms. The second kappa shape index (κ2) is 12.3. The minimum Gasteiger partial charge on any atom is -0.330 e. The molecule has 4 nitrogen and oxygen atoms in total. The van der Waals surface area contributed by atoms with E-state index in [4.69, 9.17) is 16.5 Å². The molecule has 0 atom stereocenters. The predicted octanol–water partition coefficient (Wildman–Crippen LogP) is 9.39. The summed E-state index contributed by atoms with van der Waals surface area (Å²) < 4.78 is 0. The second-order valence-electron chi connectivity index (χ2n) is 12.3. The molecular weight excluding hydrogens is 508 g/mol. The van der Waals surface area contributed by atoms with E-state index in [1.165, 1.54) is 97.3 Å². The van der Waals surface area contributed by atoms with Gasteiger partial charge in [-0.05, 0) is 110 Å². The van der Waals surface area contributed by atoms with Gasteiger partial charge in [0.2, 0.25) is 0 Å². The summed E-state index contributed by atoms with van der Waals surface area (Å²) in [5.41, 5.74) is 5.86. The van der Waals surface area contributed by atoms with Crippen molar-refractivity contribution in [3.05, 3.63) is 76.7 Å². The average molecular weight is 551 g/mol. The molecule has 0 saturated heterocycles. The smallest absolute Gasteiger partial charge is 0.133 e. The topological polar surface area (TPSA) is 52.8 Å². The van der Waals surface area contributed by atoms with Gasteiger partial charge in [-0.1, -0.05) is 44.9 Å². The van der Waals surface area contributed by atoms with Crippen LogP contribution in [0.1, 0.15) is 111 Å². The minimum absolute atomic E-state index is 0.553. The normalized spacial score (nSPS) is 21.6. The Kier molecular flexibility index (Phi) is 8.35. The van der Waals surface area contributed by atoms with E-state index in [0.717, 1.165) is 29.9 Å². The number of anilines is 1. The van der Waals surface area contributed by atoms with Gasteiger partial charge in [-0.25, -0.2) is 9.97 Å². The summed E-state index contributed by atoms with van der Waals surface area (Å²) in [6, 6.07) is 13.4. The van der Waals surface area contributed by atoms with Gasteiger partial charge < -0.3 is 4.90 Å². The van der Waals surface area contributed by atoms with Crippen LogP contribution in [0.4, 0.5) is 5.82 Å². The zero-order chi connectivity index (χ0) is 27.5. The molecule has 2 aromatic heterocycles. The van der Waals surface area contributed by atoms with Gasteiger partial charge in [0.1, 0.15) is 5.82 Å². The molecule has 0 amide bonds. The Hall–Kier alpha value is -2.97. The van der Waals surface area contributed by atoms with E-state index in [1.807, 2.05) is 17.5 Å². The van der Waals surface area contributed by atoms with Crippen LogP contribution in [0.3, 0.4) is 0 Å². The van der Waals surface area contributed by atoms with Crippen molar-refractivity contribution in [2.45, 2.75) is 95.8 Å². The molecule has 0 unspecified atom stereocenters. The van der Waals surface area contributed by atoms with Crippen molar-refractivity contribution < 1.29 is 0 Å². The molecule has 0 N–H and O–H groups in total. The van der Waals surface area contributed by atoms with Crippen LogP contribution in [0.25, 0.3) is 10.4 Å². The quantitative estimate of drug-likeness (QED) is 0.266. The Morgan fingerprint density at radius 2 is 1.75 bits per heavy atom. The molecule has 3 aromatic rings. The molecule has 3 saturated carbocycles. The number of hydrogen-bond donors (Lipinski definition) is 0. The van der Waals surface area contributed by atoms with Gasteiger partial charge >= 0.3 is 0 Å². The molecule has 2 heterocycles. The van der Waals surface area contributed by atoms with Gasteiger partial charge in [-0.2, -0.15) is 5.26 Å². The van der Waals surface area contributed by atoms with Crippen LogP contribution in [-0.4, -0.2) is 16.5 Å². The molecule has 0 spiro atoms. The van der Waals surface area contributed by atoms with Crippen molar-refractivity contribution in [3.63, 3.8) is 0 Å². The van der Waals surface area contributed by atoms with Crippen molar-refractivity contribution in [3.8, 4) is 16.5 Å². The third kappa shape index (κ3) is 6.03. The van der Waals surface area contributed by atoms with Crippen LogP contribution in [-0.2, 0) is 6.42 Å². The summed E-state index contributed by atoms with van der Waals surface area (Å²) in [6.45, 7) is 7.82. The number of benzene rings is 1. The van der Waals surface area contributed by atoms with Crippen LogP contribution in [0, 0.1) is 23.2 Å². The van der Waals surface area contributed by atoms with Gasteiger partial charge in [0, 0.05) is 30.6 Å². The zero-order valence-electron chi connectivity index (χ0n) is 23.9. The lowest BCUT2D eigenvalue weighted by Gasteiger charge is -2.37. The van der Waals surface area contributed by atoms with Crippen molar-refractivity contribution in [2.24, 2.45) is 11.8 Å². The fourth-order valence-corrected chi connectivity index (χ4v) is 7.95. The standard InChI is InChI=1S/C35H42N4S/c1-3-26-13-16-30(19-32(26)21-36)28-11-9-25(10-12-28)23-39(24(2)27-7-5-4-6-8-27)34-20-31(17-18-37-34)33-22-38-35(40-33)29-14-15-29/h13,16-20,22,25,27-29H,2-12,14-15,23H2,1H3. The van der Waals surface area contributed by atoms with Gasteiger partial charge in [0.25, 0.3) is 0 Å². The zero-order valence-corrected chi connectivity index (χ0v) is 24.8. The van der Waals surface area contributed by atoms with Gasteiger partial charge in [0.05, 0.1) is 21.5 Å². The van der Waals surface area contributed by atoms with Crippen LogP contribution < -0.4 is 4.90 Å². The van der Waals surface area contributed by atoms with Crippen LogP contribution in [0.5, 0.6) is 0 Å². The highest BCUT2D eigenvalue weighted by Crippen LogP contribution is 2.44. The Morgan fingerprint density at radius 3 is 2.48 bits per heavy atom. The highest BCUT2D eigenvalue weighted by Gasteiger charge is 2.29. The maximum Gasteiger partial charge on any atom is 0.133 e. The molecule has 1 aromatic carbocycles. The largest absolute Gasteiger partial charge is 0.330 e. The number of hydrogen-bond acceptors (Lipinski definition) is 5. The molecule has 3 aliphatic carbocycles. The number of aryl methyl sites for hydroxylation is 1. The predicted molar refractivity (Wildman–Crippen MR) is 166 cm³/mol. The molecule has 3 aliphatic rings. The van der Waals surface area contributed by atoms with E-state index in [9.17, 15) is 5.26 Å². The summed E-state index contributed by atoms with van der Waals surface area (Å²) in [7, 11) is 0. The van der Waals surface area contributed by atoms with E-state index in [-0.39, 0.29) is 0 Å². The number of allylic oxidation sites excluding steroid dienone is 1. The lowest BCUT2D eigenvalue weighted by Crippen LogP contribution is -2.34. The van der Waals surface area contributed by atoms with Gasteiger partial charge in [-0.15, -0.1) is 11.3 Å². The summed E-state index contributed by atoms with van der Waals surface area (Å²) in [5.74, 6) is 3.47. The highest BCUT2D eigenvalue weighted by molar-refractivity contribution is 7.15. The molecule has 5 heteroatoms. The molecule has 208 valence electrons. The lowest BCUT2D eigenvalue weighted by atomic mass is 9.77. The third-order valence-electron chi connectivity index (χ3n) is 9.57. The van der Waals surface area contributed by atoms with Crippen LogP contribution >= 0.6 is 11.3 Å². The number of aromatic nitrogens is 2. The first-order valence-electron chi connectivity index (χ1n) is 15.5. The number of rotatable bonds is 9. The fraction of sp³-hybridized carbons (Fsp3) is 0.514. The maximum atomic E-state index is 9.63. The average Bonchev–Trinajstić information content (AvgIpc) is 3.75. The number of nitrogens with zero attached hydrogens (tertiary/aromatic N) is 4. The highest BCUT2D eigenvalue weighted by atomic mass is 32.1. The SMILES string of the molecule is C=C(C1CCCCC1)N(CC1CCC(c2ccc(CC)c(C#N)c2)CC1)c1cc(-c2cnc(C3CC3)s2)ccn1. The van der Waals surface area contributed by atoms with Crippen molar-refractivity contribution in [1.82, 2.24) is 9.97 Å². The first-order valence-corrected chi connectivity index (χ1v) is 16.4. The summed E-state index contributed by atoms with van der Waals surface area (Å²) >= 11 is 1.85. The molecule has 6 rings (SSSR count). The van der Waals surface area contributed by atoms with E-state index >= 15 is 0 Å². The lowest BCUT2D eigenvalue weighted by molar-refractivity contribution is 0.323. The first-order chi connectivity index (χ1) is 19.6. The van der Waals surface area contributed by atoms with Crippen molar-refractivity contribution in [2.75, 3.05) is 11.4 Å². The summed E-state index contributed by atoms with van der Waals surface area (Å²) in [4.78, 5) is 13.4. The summed E-state index contributed by atoms with van der Waals surface area (Å²) in [6.07, 6.45) is 18.8. The van der Waals surface area contributed by atoms with Crippen molar-refractivity contribution in [1.29, 1.82) is 5.26 Å². The Morgan fingerprint density at radius 1 is 0.975 bits per heavy atom. The van der Waals surface area contributed by atoms with E-state index in [0.29, 0.717) is 23.7 Å². The molecule has 40 heavy (non-hydrogen) atoms. The summed E-state index contributed by atoms with van der Waals surface area (Å²) in [5, 5.41) is 10.9. The molecule has 0 aliphatic heterocycles. The van der Waals surface area contributed by atoms with E-state index in [1.54, 1.807) is 0 Å². The van der Waals surface area contributed by atoms with Gasteiger partial charge in [0.15, 0.2) is 0 Å². The molecule has 0 radical (unpaired) electrons. The maximum absolute atomic E-state index is 9.63. The van der Waals surface area contributed by atoms with E-state index < -0.39 is 0 Å². The number of thiazole rings is 1. The second-order valence-corrected chi connectivity index (χ2v) is 13.3. The van der Waals surface area contributed by atoms with Crippen molar-refractivity contribution >= 4 is 17.2 Å². The van der Waals surface area contributed by atoms with Crippen LogP contribution in [0.2, 0.25) is 0 Å². The first kappa shape index (κ1) is 27.2. The Bertz CT molecular complexity index is 1370. The Labute approximate surface area is 244 Å². The van der Waals surface area contributed by atoms with Crippen LogP contribution in [0.15, 0.2) is 55.0 Å².